The summed E-state index contributed by atoms with van der Waals surface area (Å²) >= 11 is 0. The standard InChI is InChI=1S/C22H16O8/c23-17(24)15-12-22(20(29)30,14-9-5-2-6-10-14)16(18(25)26)11-21(15,19(27)28)13-7-3-1-4-8-13/h1-12H,(H,23,24)(H,25,26)(H,27,28)(H,29,30). The summed E-state index contributed by atoms with van der Waals surface area (Å²) in [5, 5.41) is 39.8. The van der Waals surface area contributed by atoms with E-state index in [1.54, 1.807) is 12.1 Å². The summed E-state index contributed by atoms with van der Waals surface area (Å²) in [6.07, 6.45) is 1.44. The van der Waals surface area contributed by atoms with Crippen LogP contribution in [0.2, 0.25) is 0 Å². The predicted molar refractivity (Wildman–Crippen MR) is 103 cm³/mol. The quantitative estimate of drug-likeness (QED) is 0.567. The molecule has 2 aromatic carbocycles. The van der Waals surface area contributed by atoms with E-state index in [1.807, 2.05) is 0 Å². The second-order valence-corrected chi connectivity index (χ2v) is 6.68. The molecule has 0 aromatic heterocycles. The van der Waals surface area contributed by atoms with E-state index in [0.717, 1.165) is 12.2 Å². The summed E-state index contributed by atoms with van der Waals surface area (Å²) in [6.45, 7) is 0. The van der Waals surface area contributed by atoms with Crippen LogP contribution in [0.5, 0.6) is 0 Å². The molecule has 1 aliphatic rings. The maximum absolute atomic E-state index is 12.4. The SMILES string of the molecule is O=C(O)C1=CC(C(=O)O)(c2ccccc2)C(C(=O)O)=CC1(C(=O)O)c1ccccc1. The van der Waals surface area contributed by atoms with E-state index in [0.29, 0.717) is 0 Å². The van der Waals surface area contributed by atoms with Crippen molar-refractivity contribution in [1.29, 1.82) is 0 Å². The van der Waals surface area contributed by atoms with Crippen molar-refractivity contribution in [2.24, 2.45) is 0 Å². The lowest BCUT2D eigenvalue weighted by molar-refractivity contribution is -0.146. The fourth-order valence-electron chi connectivity index (χ4n) is 3.76. The summed E-state index contributed by atoms with van der Waals surface area (Å²) in [5.41, 5.74) is -6.35. The first-order valence-electron chi connectivity index (χ1n) is 8.69. The summed E-state index contributed by atoms with van der Waals surface area (Å²) in [4.78, 5) is 49.1. The summed E-state index contributed by atoms with van der Waals surface area (Å²) < 4.78 is 0. The highest BCUT2D eigenvalue weighted by molar-refractivity contribution is 6.10. The highest BCUT2D eigenvalue weighted by Crippen LogP contribution is 2.47. The van der Waals surface area contributed by atoms with Gasteiger partial charge in [-0.2, -0.15) is 0 Å². The Hall–Kier alpha value is -4.20. The Labute approximate surface area is 170 Å². The van der Waals surface area contributed by atoms with E-state index in [9.17, 15) is 39.6 Å². The number of carbonyl (C=O) groups is 4. The van der Waals surface area contributed by atoms with Crippen molar-refractivity contribution in [2.75, 3.05) is 0 Å². The molecule has 30 heavy (non-hydrogen) atoms. The van der Waals surface area contributed by atoms with Gasteiger partial charge >= 0.3 is 23.9 Å². The van der Waals surface area contributed by atoms with Crippen LogP contribution in [0.1, 0.15) is 11.1 Å². The smallest absolute Gasteiger partial charge is 0.333 e. The molecule has 0 heterocycles. The molecule has 0 fully saturated rings. The number of rotatable bonds is 6. The molecule has 0 spiro atoms. The molecule has 0 bridgehead atoms. The van der Waals surface area contributed by atoms with E-state index in [-0.39, 0.29) is 11.1 Å². The number of carboxylic acids is 4. The third-order valence-corrected chi connectivity index (χ3v) is 5.17. The van der Waals surface area contributed by atoms with Crippen LogP contribution in [-0.2, 0) is 30.0 Å². The van der Waals surface area contributed by atoms with Gasteiger partial charge in [0.05, 0.1) is 11.1 Å². The molecule has 2 aromatic rings. The Balaban J connectivity index is 2.50. The largest absolute Gasteiger partial charge is 0.480 e. The maximum Gasteiger partial charge on any atom is 0.333 e. The van der Waals surface area contributed by atoms with Gasteiger partial charge in [-0.1, -0.05) is 60.7 Å². The minimum Gasteiger partial charge on any atom is -0.480 e. The van der Waals surface area contributed by atoms with Gasteiger partial charge in [0, 0.05) is 0 Å². The molecule has 0 saturated heterocycles. The molecule has 3 rings (SSSR count). The van der Waals surface area contributed by atoms with Crippen molar-refractivity contribution in [3.63, 3.8) is 0 Å². The predicted octanol–water partition coefficient (Wildman–Crippen LogP) is 2.07. The molecule has 8 heteroatoms. The van der Waals surface area contributed by atoms with Crippen LogP contribution in [0.3, 0.4) is 0 Å². The molecule has 0 aliphatic heterocycles. The molecular formula is C22H16O8. The molecule has 8 nitrogen and oxygen atoms in total. The number of benzene rings is 2. The van der Waals surface area contributed by atoms with Crippen molar-refractivity contribution in [2.45, 2.75) is 10.8 Å². The summed E-state index contributed by atoms with van der Waals surface area (Å²) in [7, 11) is 0. The van der Waals surface area contributed by atoms with Crippen molar-refractivity contribution in [3.05, 3.63) is 95.1 Å². The van der Waals surface area contributed by atoms with Crippen LogP contribution in [0, 0.1) is 0 Å². The Morgan fingerprint density at radius 2 is 0.833 bits per heavy atom. The van der Waals surface area contributed by atoms with Gasteiger partial charge in [-0.25, -0.2) is 9.59 Å². The minimum absolute atomic E-state index is 0.0167. The number of hydrogen-bond donors (Lipinski definition) is 4. The average molecular weight is 408 g/mol. The van der Waals surface area contributed by atoms with Crippen LogP contribution in [0.4, 0.5) is 0 Å². The zero-order chi connectivity index (χ0) is 22.1. The van der Waals surface area contributed by atoms with Crippen molar-refractivity contribution in [1.82, 2.24) is 0 Å². The molecule has 0 radical (unpaired) electrons. The first-order valence-corrected chi connectivity index (χ1v) is 8.69. The van der Waals surface area contributed by atoms with Gasteiger partial charge in [0.2, 0.25) is 0 Å². The Kier molecular flexibility index (Phi) is 5.01. The molecule has 2 atom stereocenters. The summed E-state index contributed by atoms with van der Waals surface area (Å²) in [5.74, 6) is -6.65. The lowest BCUT2D eigenvalue weighted by Crippen LogP contribution is -2.49. The molecule has 0 amide bonds. The fourth-order valence-corrected chi connectivity index (χ4v) is 3.76. The van der Waals surface area contributed by atoms with E-state index < -0.39 is 45.9 Å². The zero-order valence-electron chi connectivity index (χ0n) is 15.4. The van der Waals surface area contributed by atoms with Gasteiger partial charge < -0.3 is 20.4 Å². The topological polar surface area (TPSA) is 149 Å². The monoisotopic (exact) mass is 408 g/mol. The van der Waals surface area contributed by atoms with Crippen LogP contribution >= 0.6 is 0 Å². The molecule has 4 N–H and O–H groups in total. The van der Waals surface area contributed by atoms with E-state index in [4.69, 9.17) is 0 Å². The molecule has 152 valence electrons. The maximum atomic E-state index is 12.4. The number of aliphatic carboxylic acids is 4. The van der Waals surface area contributed by atoms with E-state index >= 15 is 0 Å². The lowest BCUT2D eigenvalue weighted by Gasteiger charge is -2.38. The zero-order valence-corrected chi connectivity index (χ0v) is 15.4. The van der Waals surface area contributed by atoms with Gasteiger partial charge in [-0.05, 0) is 23.3 Å². The number of hydrogen-bond acceptors (Lipinski definition) is 4. The van der Waals surface area contributed by atoms with Crippen molar-refractivity contribution < 1.29 is 39.6 Å². The molecule has 1 aliphatic carbocycles. The first-order chi connectivity index (χ1) is 14.2. The third-order valence-electron chi connectivity index (χ3n) is 5.17. The van der Waals surface area contributed by atoms with Gasteiger partial charge in [0.15, 0.2) is 0 Å². The van der Waals surface area contributed by atoms with Gasteiger partial charge in [0.25, 0.3) is 0 Å². The second-order valence-electron chi connectivity index (χ2n) is 6.68. The van der Waals surface area contributed by atoms with Gasteiger partial charge in [-0.15, -0.1) is 0 Å². The van der Waals surface area contributed by atoms with Crippen molar-refractivity contribution >= 4 is 23.9 Å². The van der Waals surface area contributed by atoms with Crippen LogP contribution in [-0.4, -0.2) is 44.3 Å². The van der Waals surface area contributed by atoms with Crippen LogP contribution in [0.25, 0.3) is 0 Å². The van der Waals surface area contributed by atoms with Gasteiger partial charge in [0.1, 0.15) is 10.8 Å². The average Bonchev–Trinajstić information content (AvgIpc) is 2.73. The second kappa shape index (κ2) is 7.32. The molecule has 0 saturated carbocycles. The highest BCUT2D eigenvalue weighted by atomic mass is 16.4. The molecule has 2 unspecified atom stereocenters. The van der Waals surface area contributed by atoms with Crippen LogP contribution in [0.15, 0.2) is 84.0 Å². The Morgan fingerprint density at radius 1 is 0.533 bits per heavy atom. The minimum atomic E-state index is -2.39. The summed E-state index contributed by atoms with van der Waals surface area (Å²) in [6, 6.07) is 14.4. The van der Waals surface area contributed by atoms with E-state index in [2.05, 4.69) is 0 Å². The molecular weight excluding hydrogens is 392 g/mol. The highest BCUT2D eigenvalue weighted by Gasteiger charge is 2.57. The Bertz CT molecular complexity index is 1010. The van der Waals surface area contributed by atoms with E-state index in [1.165, 1.54) is 48.5 Å². The fraction of sp³-hybridized carbons (Fsp3) is 0.0909. The van der Waals surface area contributed by atoms with Crippen molar-refractivity contribution in [3.8, 4) is 0 Å². The van der Waals surface area contributed by atoms with Gasteiger partial charge in [-0.3, -0.25) is 9.59 Å². The van der Waals surface area contributed by atoms with Crippen LogP contribution < -0.4 is 0 Å². The number of carboxylic acid groups (broad SMARTS) is 4. The Morgan fingerprint density at radius 3 is 1.07 bits per heavy atom. The first kappa shape index (κ1) is 20.5. The third kappa shape index (κ3) is 2.86. The normalized spacial score (nSPS) is 23.1. The lowest BCUT2D eigenvalue weighted by atomic mass is 9.61.